The molecule has 0 unspecified atom stereocenters. The molecular weight excluding hydrogens is 695 g/mol. The summed E-state index contributed by atoms with van der Waals surface area (Å²) in [6.07, 6.45) is 21.8. The SMILES string of the molecule is CN=C(N)N[C@@H]1C#C[C@H]2C[C@]3(C=C(Cc4cc5ccccc5[nH]4)[C@]24[C@H]2C=CC5(CCCC5)[C@@]5(O)[C@H]6C[C@H](O)[C@@](O)(C1)[C@H]6[C@@H]4CC[C@@H]25)CC[C@H](Cc1ccc[nH]1)C3. The Hall–Kier alpha value is -3.77. The average molecular weight is 754 g/mol. The minimum atomic E-state index is -1.45. The highest BCUT2D eigenvalue weighted by atomic mass is 16.3. The number of aliphatic hydroxyl groups excluding tert-OH is 1. The zero-order valence-corrected chi connectivity index (χ0v) is 32.8. The van der Waals surface area contributed by atoms with E-state index in [9.17, 15) is 15.3 Å². The number of para-hydroxylation sites is 1. The Balaban J connectivity index is 1.16. The van der Waals surface area contributed by atoms with Crippen LogP contribution in [0.5, 0.6) is 0 Å². The molecule has 8 nitrogen and oxygen atoms in total. The first kappa shape index (κ1) is 35.4. The van der Waals surface area contributed by atoms with Gasteiger partial charge in [0.05, 0.1) is 23.3 Å². The van der Waals surface area contributed by atoms with Crippen molar-refractivity contribution in [1.29, 1.82) is 0 Å². The lowest BCUT2D eigenvalue weighted by molar-refractivity contribution is -0.174. The number of nitrogens with one attached hydrogen (secondary N) is 3. The molecule has 0 saturated heterocycles. The van der Waals surface area contributed by atoms with Crippen LogP contribution in [0.4, 0.5) is 0 Å². The molecule has 6 bridgehead atoms. The largest absolute Gasteiger partial charge is 0.390 e. The Kier molecular flexibility index (Phi) is 7.82. The average Bonchev–Trinajstić information content (AvgIpc) is 4.03. The van der Waals surface area contributed by atoms with Gasteiger partial charge in [-0.2, -0.15) is 0 Å². The van der Waals surface area contributed by atoms with Crippen LogP contribution in [-0.2, 0) is 12.8 Å². The number of nitrogens with two attached hydrogens (primary N) is 1. The van der Waals surface area contributed by atoms with Crippen molar-refractivity contribution in [3.05, 3.63) is 83.9 Å². The van der Waals surface area contributed by atoms with Gasteiger partial charge in [0.25, 0.3) is 0 Å². The van der Waals surface area contributed by atoms with Gasteiger partial charge in [0.1, 0.15) is 0 Å². The smallest absolute Gasteiger partial charge is 0.189 e. The van der Waals surface area contributed by atoms with Gasteiger partial charge in [0.2, 0.25) is 0 Å². The predicted octanol–water partition coefficient (Wildman–Crippen LogP) is 6.56. The molecule has 0 aliphatic heterocycles. The second-order valence-electron chi connectivity index (χ2n) is 19.8. The third-order valence-electron chi connectivity index (χ3n) is 17.6. The van der Waals surface area contributed by atoms with Crippen LogP contribution in [-0.4, -0.2) is 61.6 Å². The Labute approximate surface area is 330 Å². The number of aromatic nitrogens is 2. The van der Waals surface area contributed by atoms with Crippen LogP contribution in [0, 0.1) is 69.5 Å². The number of nitrogens with zero attached hydrogens (tertiary/aromatic N) is 1. The standard InChI is InChI=1S/C48H59N5O3/c1-50-43(49)53-34-11-10-31-26-44(18-14-29(25-44)21-33-8-6-20-51-33)27-32(23-35-22-30-7-2-3-9-40(30)52-35)47(31)36-15-19-45(16-4-5-17-45)48(56)37(36)12-13-38(47)42-39(48)24-41(54)46(42,55)28-34/h2-3,6-9,15,19-20,22,27,29,31,34,36-39,41-42,51-52,54-56H,4-5,12-14,16-18,21,23-26,28H2,1H3,(H3,49,50,53)/t29-,31+,34-,36+,37+,38+,39+,41+,42+,44+,46+,47+,48+/m1/s1. The summed E-state index contributed by atoms with van der Waals surface area (Å²) in [5.41, 5.74) is 8.28. The summed E-state index contributed by atoms with van der Waals surface area (Å²) >= 11 is 0. The van der Waals surface area contributed by atoms with Gasteiger partial charge in [-0.05, 0) is 135 Å². The minimum absolute atomic E-state index is 0.00188. The topological polar surface area (TPSA) is 143 Å². The van der Waals surface area contributed by atoms with E-state index < -0.39 is 28.8 Å². The van der Waals surface area contributed by atoms with Gasteiger partial charge < -0.3 is 36.3 Å². The van der Waals surface area contributed by atoms with Gasteiger partial charge in [-0.1, -0.05) is 66.7 Å². The summed E-state index contributed by atoms with van der Waals surface area (Å²) in [7, 11) is 1.67. The molecule has 1 aromatic carbocycles. The second-order valence-corrected chi connectivity index (χ2v) is 19.8. The number of aliphatic imine (C=N–C) groups is 1. The molecule has 8 aliphatic rings. The predicted molar refractivity (Wildman–Crippen MR) is 219 cm³/mol. The van der Waals surface area contributed by atoms with Crippen LogP contribution >= 0.6 is 0 Å². The van der Waals surface area contributed by atoms with Crippen LogP contribution in [0.3, 0.4) is 0 Å². The molecule has 0 radical (unpaired) electrons. The number of aromatic amines is 2. The van der Waals surface area contributed by atoms with E-state index in [-0.39, 0.29) is 58.7 Å². The number of aliphatic hydroxyl groups is 3. The van der Waals surface area contributed by atoms with Crippen molar-refractivity contribution in [3.63, 3.8) is 0 Å². The summed E-state index contributed by atoms with van der Waals surface area (Å²) in [5.74, 6) is 8.28. The van der Waals surface area contributed by atoms with Crippen LogP contribution in [0.2, 0.25) is 0 Å². The first-order valence-electron chi connectivity index (χ1n) is 21.8. The lowest BCUT2D eigenvalue weighted by Gasteiger charge is -2.63. The molecule has 294 valence electrons. The normalized spacial score (nSPS) is 44.2. The molecule has 8 aliphatic carbocycles. The fraction of sp³-hybridized carbons (Fsp3) is 0.604. The number of allylic oxidation sites excluding steroid dienone is 3. The van der Waals surface area contributed by atoms with E-state index in [1.165, 1.54) is 28.8 Å². The van der Waals surface area contributed by atoms with Crippen molar-refractivity contribution in [2.45, 2.75) is 113 Å². The number of hydrogen-bond acceptors (Lipinski definition) is 4. The minimum Gasteiger partial charge on any atom is -0.390 e. The first-order chi connectivity index (χ1) is 27.1. The zero-order valence-electron chi connectivity index (χ0n) is 32.8. The first-order valence-corrected chi connectivity index (χ1v) is 21.8. The van der Waals surface area contributed by atoms with E-state index in [1.54, 1.807) is 7.05 Å². The fourth-order valence-corrected chi connectivity index (χ4v) is 15.7. The Morgan fingerprint density at radius 1 is 0.964 bits per heavy atom. The van der Waals surface area contributed by atoms with Crippen molar-refractivity contribution >= 4 is 16.9 Å². The summed E-state index contributed by atoms with van der Waals surface area (Å²) in [4.78, 5) is 11.6. The van der Waals surface area contributed by atoms with Crippen molar-refractivity contribution in [2.75, 3.05) is 7.05 Å². The molecule has 5 fully saturated rings. The van der Waals surface area contributed by atoms with Crippen molar-refractivity contribution in [2.24, 2.45) is 68.4 Å². The molecule has 11 rings (SSSR count). The van der Waals surface area contributed by atoms with Gasteiger partial charge in [-0.25, -0.2) is 0 Å². The summed E-state index contributed by atoms with van der Waals surface area (Å²) < 4.78 is 0. The van der Waals surface area contributed by atoms with Gasteiger partial charge >= 0.3 is 0 Å². The third-order valence-corrected chi connectivity index (χ3v) is 17.6. The van der Waals surface area contributed by atoms with E-state index in [0.717, 1.165) is 76.1 Å². The molecule has 8 heteroatoms. The fourth-order valence-electron chi connectivity index (χ4n) is 15.7. The third kappa shape index (κ3) is 4.74. The van der Waals surface area contributed by atoms with Crippen LogP contribution in [0.15, 0.2) is 77.5 Å². The number of hydrogen-bond donors (Lipinski definition) is 7. The monoisotopic (exact) mass is 753 g/mol. The Morgan fingerprint density at radius 2 is 1.80 bits per heavy atom. The van der Waals surface area contributed by atoms with E-state index in [0.29, 0.717) is 12.3 Å². The van der Waals surface area contributed by atoms with Gasteiger partial charge in [-0.3, -0.25) is 4.99 Å². The number of guanidine groups is 1. The van der Waals surface area contributed by atoms with E-state index in [1.807, 2.05) is 6.20 Å². The number of fused-ring (bicyclic) bond motifs is 3. The van der Waals surface area contributed by atoms with Crippen LogP contribution in [0.25, 0.3) is 10.9 Å². The molecule has 3 spiro atoms. The van der Waals surface area contributed by atoms with E-state index in [2.05, 4.69) is 92.8 Å². The molecule has 0 amide bonds. The molecule has 2 aromatic heterocycles. The molecule has 2 heterocycles. The Morgan fingerprint density at radius 3 is 2.61 bits per heavy atom. The molecule has 3 aromatic rings. The van der Waals surface area contributed by atoms with Gasteiger partial charge in [0, 0.05) is 59.7 Å². The maximum atomic E-state index is 14.0. The maximum absolute atomic E-state index is 14.0. The highest BCUT2D eigenvalue weighted by Gasteiger charge is 2.78. The van der Waals surface area contributed by atoms with E-state index in [4.69, 9.17) is 5.73 Å². The second kappa shape index (κ2) is 12.4. The molecular formula is C48H59N5O3. The van der Waals surface area contributed by atoms with Crippen molar-refractivity contribution in [1.82, 2.24) is 15.3 Å². The Bertz CT molecular complexity index is 2150. The molecule has 13 atom stereocenters. The number of H-pyrrole nitrogens is 2. The van der Waals surface area contributed by atoms with Crippen LogP contribution in [0.1, 0.15) is 88.4 Å². The summed E-state index contributed by atoms with van der Waals surface area (Å²) in [6, 6.07) is 14.8. The highest BCUT2D eigenvalue weighted by Crippen LogP contribution is 2.78. The molecule has 5 saturated carbocycles. The molecule has 8 N–H and O–H groups in total. The zero-order chi connectivity index (χ0) is 38.1. The molecule has 56 heavy (non-hydrogen) atoms. The highest BCUT2D eigenvalue weighted by molar-refractivity contribution is 5.80. The quantitative estimate of drug-likeness (QED) is 0.0685. The van der Waals surface area contributed by atoms with Crippen molar-refractivity contribution in [3.8, 4) is 11.8 Å². The van der Waals surface area contributed by atoms with Gasteiger partial charge in [0.15, 0.2) is 5.96 Å². The number of rotatable bonds is 5. The number of benzene rings is 1. The lowest BCUT2D eigenvalue weighted by atomic mass is 9.41. The van der Waals surface area contributed by atoms with Gasteiger partial charge in [-0.15, -0.1) is 0 Å². The summed E-state index contributed by atoms with van der Waals surface area (Å²) in [6.45, 7) is 0. The maximum Gasteiger partial charge on any atom is 0.189 e. The lowest BCUT2D eigenvalue weighted by Crippen LogP contribution is -2.63. The van der Waals surface area contributed by atoms with Crippen LogP contribution < -0.4 is 11.1 Å². The summed E-state index contributed by atoms with van der Waals surface area (Å²) in [5, 5.41) is 44.4. The van der Waals surface area contributed by atoms with E-state index >= 15 is 0 Å². The van der Waals surface area contributed by atoms with Crippen molar-refractivity contribution < 1.29 is 15.3 Å².